The van der Waals surface area contributed by atoms with Crippen LogP contribution in [0.4, 0.5) is 0 Å². The monoisotopic (exact) mass is 464 g/mol. The van der Waals surface area contributed by atoms with Gasteiger partial charge in [-0.1, -0.05) is 85.5 Å². The Balaban J connectivity index is 1.58. The van der Waals surface area contributed by atoms with Crippen molar-refractivity contribution in [3.63, 3.8) is 0 Å². The van der Waals surface area contributed by atoms with Gasteiger partial charge in [0.05, 0.1) is 6.10 Å². The Labute approximate surface area is 208 Å². The highest BCUT2D eigenvalue weighted by Crippen LogP contribution is 2.28. The fourth-order valence-electron chi connectivity index (χ4n) is 5.94. The predicted molar refractivity (Wildman–Crippen MR) is 145 cm³/mol. The van der Waals surface area contributed by atoms with E-state index in [0.717, 1.165) is 18.4 Å². The molecule has 1 atom stereocenters. The van der Waals surface area contributed by atoms with Gasteiger partial charge < -0.3 is 15.0 Å². The molecule has 2 aliphatic rings. The van der Waals surface area contributed by atoms with Gasteiger partial charge in [-0.15, -0.1) is 0 Å². The molecule has 1 N–H and O–H groups in total. The second-order valence-corrected chi connectivity index (χ2v) is 11.5. The van der Waals surface area contributed by atoms with Gasteiger partial charge in [-0.05, 0) is 76.3 Å². The molecule has 1 aliphatic carbocycles. The number of ether oxygens (including phenoxy) is 1. The summed E-state index contributed by atoms with van der Waals surface area (Å²) < 4.78 is 6.33. The molecule has 0 aromatic heterocycles. The number of nitrogens with zero attached hydrogens (tertiary/aromatic N) is 1. The topological polar surface area (TPSA) is 24.5 Å². The third-order valence-electron chi connectivity index (χ3n) is 8.42. The van der Waals surface area contributed by atoms with Gasteiger partial charge in [0.1, 0.15) is 0 Å². The summed E-state index contributed by atoms with van der Waals surface area (Å²) in [6.07, 6.45) is 23.8. The van der Waals surface area contributed by atoms with Crippen molar-refractivity contribution in [1.82, 2.24) is 10.2 Å². The van der Waals surface area contributed by atoms with Crippen LogP contribution in [0.15, 0.2) is 0 Å². The Morgan fingerprint density at radius 3 is 1.97 bits per heavy atom. The Morgan fingerprint density at radius 2 is 1.42 bits per heavy atom. The lowest BCUT2D eigenvalue weighted by Gasteiger charge is -2.40. The first kappa shape index (κ1) is 29.1. The Kier molecular flexibility index (Phi) is 16.0. The van der Waals surface area contributed by atoms with E-state index in [1.807, 2.05) is 0 Å². The molecule has 0 aromatic rings. The maximum Gasteiger partial charge on any atom is 0.0605 e. The van der Waals surface area contributed by atoms with Crippen molar-refractivity contribution in [2.24, 2.45) is 11.8 Å². The lowest BCUT2D eigenvalue weighted by Crippen LogP contribution is -2.49. The van der Waals surface area contributed by atoms with E-state index in [2.05, 4.69) is 37.9 Å². The van der Waals surface area contributed by atoms with Gasteiger partial charge in [0.25, 0.3) is 0 Å². The van der Waals surface area contributed by atoms with Crippen molar-refractivity contribution in [1.29, 1.82) is 0 Å². The fraction of sp³-hybridized carbons (Fsp3) is 1.00. The van der Waals surface area contributed by atoms with Gasteiger partial charge in [-0.2, -0.15) is 0 Å². The van der Waals surface area contributed by atoms with E-state index in [0.29, 0.717) is 18.2 Å². The highest BCUT2D eigenvalue weighted by Gasteiger charge is 2.32. The second kappa shape index (κ2) is 18.2. The summed E-state index contributed by atoms with van der Waals surface area (Å²) >= 11 is 0. The van der Waals surface area contributed by atoms with Crippen molar-refractivity contribution >= 4 is 0 Å². The van der Waals surface area contributed by atoms with Crippen LogP contribution in [0.5, 0.6) is 0 Å². The van der Waals surface area contributed by atoms with Gasteiger partial charge in [-0.3, -0.25) is 0 Å². The normalized spacial score (nSPS) is 23.2. The van der Waals surface area contributed by atoms with Gasteiger partial charge in [0.15, 0.2) is 0 Å². The van der Waals surface area contributed by atoms with E-state index >= 15 is 0 Å². The molecule has 0 spiro atoms. The molecule has 1 saturated carbocycles. The number of hydrogen-bond donors (Lipinski definition) is 1. The minimum absolute atomic E-state index is 0.523. The molecule has 0 amide bonds. The van der Waals surface area contributed by atoms with Crippen LogP contribution in [0.25, 0.3) is 0 Å². The lowest BCUT2D eigenvalue weighted by atomic mass is 9.87. The number of hydrogen-bond acceptors (Lipinski definition) is 3. The van der Waals surface area contributed by atoms with Crippen molar-refractivity contribution in [3.05, 3.63) is 0 Å². The van der Waals surface area contributed by atoms with E-state index in [1.54, 1.807) is 0 Å². The van der Waals surface area contributed by atoms with Crippen LogP contribution in [0.3, 0.4) is 0 Å². The van der Waals surface area contributed by atoms with Crippen LogP contribution in [0, 0.1) is 11.8 Å². The number of unbranched alkanes of at least 4 members (excludes halogenated alkanes) is 6. The average Bonchev–Trinajstić information content (AvgIpc) is 2.80. The molecule has 1 unspecified atom stereocenters. The summed E-state index contributed by atoms with van der Waals surface area (Å²) in [5, 5.41) is 3.85. The fourth-order valence-corrected chi connectivity index (χ4v) is 5.94. The Morgan fingerprint density at radius 1 is 0.788 bits per heavy atom. The third kappa shape index (κ3) is 12.4. The zero-order chi connectivity index (χ0) is 23.7. The molecule has 33 heavy (non-hydrogen) atoms. The number of likely N-dealkylation sites (tertiary alicyclic amines) is 1. The van der Waals surface area contributed by atoms with E-state index in [9.17, 15) is 0 Å². The van der Waals surface area contributed by atoms with Gasteiger partial charge >= 0.3 is 0 Å². The van der Waals surface area contributed by atoms with Crippen LogP contribution in [0.1, 0.15) is 137 Å². The predicted octanol–water partition coefficient (Wildman–Crippen LogP) is 7.97. The minimum Gasteiger partial charge on any atom is -0.378 e. The summed E-state index contributed by atoms with van der Waals surface area (Å²) in [6, 6.07) is 1.42. The largest absolute Gasteiger partial charge is 0.378 e. The quantitative estimate of drug-likeness (QED) is 0.185. The Hall–Kier alpha value is -0.120. The summed E-state index contributed by atoms with van der Waals surface area (Å²) in [7, 11) is 0. The molecule has 196 valence electrons. The highest BCUT2D eigenvalue weighted by molar-refractivity contribution is 4.88. The first-order valence-electron chi connectivity index (χ1n) is 15.3. The van der Waals surface area contributed by atoms with Crippen molar-refractivity contribution in [2.45, 2.75) is 155 Å². The first-order valence-corrected chi connectivity index (χ1v) is 15.3. The lowest BCUT2D eigenvalue weighted by molar-refractivity contribution is -0.0429. The van der Waals surface area contributed by atoms with Crippen LogP contribution in [0.2, 0.25) is 0 Å². The van der Waals surface area contributed by atoms with Crippen molar-refractivity contribution < 1.29 is 4.74 Å². The molecule has 1 saturated heterocycles. The molecule has 2 rings (SSSR count). The molecule has 1 heterocycles. The molecule has 2 fully saturated rings. The van der Waals surface area contributed by atoms with Gasteiger partial charge in [0, 0.05) is 25.2 Å². The Bertz CT molecular complexity index is 431. The summed E-state index contributed by atoms with van der Waals surface area (Å²) in [4.78, 5) is 2.79. The maximum absolute atomic E-state index is 6.33. The smallest absolute Gasteiger partial charge is 0.0605 e. The van der Waals surface area contributed by atoms with Crippen LogP contribution in [-0.4, -0.2) is 49.3 Å². The second-order valence-electron chi connectivity index (χ2n) is 11.5. The third-order valence-corrected chi connectivity index (χ3v) is 8.42. The van der Waals surface area contributed by atoms with E-state index < -0.39 is 0 Å². The number of nitrogens with one attached hydrogen (secondary N) is 1. The summed E-state index contributed by atoms with van der Waals surface area (Å²) in [5.41, 5.74) is 0. The molecule has 1 aliphatic heterocycles. The molecular weight excluding hydrogens is 404 g/mol. The van der Waals surface area contributed by atoms with Crippen molar-refractivity contribution in [3.8, 4) is 0 Å². The highest BCUT2D eigenvalue weighted by atomic mass is 16.5. The SMILES string of the molecule is CCCCCCC(CCCCCC)CN1CCC(CO[C@H]2C[C@H](NC(CC)CCC)C2)CC1. The van der Waals surface area contributed by atoms with Crippen LogP contribution >= 0.6 is 0 Å². The van der Waals surface area contributed by atoms with Gasteiger partial charge in [-0.25, -0.2) is 0 Å². The molecule has 0 bridgehead atoms. The molecule has 0 radical (unpaired) electrons. The molecule has 3 heteroatoms. The molecular formula is C30H60N2O. The molecule has 3 nitrogen and oxygen atoms in total. The van der Waals surface area contributed by atoms with Crippen LogP contribution < -0.4 is 5.32 Å². The zero-order valence-corrected chi connectivity index (χ0v) is 23.1. The summed E-state index contributed by atoms with van der Waals surface area (Å²) in [6.45, 7) is 14.2. The van der Waals surface area contributed by atoms with E-state index in [1.165, 1.54) is 129 Å². The van der Waals surface area contributed by atoms with E-state index in [4.69, 9.17) is 4.74 Å². The number of rotatable bonds is 20. The maximum atomic E-state index is 6.33. The molecule has 0 aromatic carbocycles. The van der Waals surface area contributed by atoms with E-state index in [-0.39, 0.29) is 0 Å². The van der Waals surface area contributed by atoms with Crippen molar-refractivity contribution in [2.75, 3.05) is 26.2 Å². The minimum atomic E-state index is 0.523. The van der Waals surface area contributed by atoms with Crippen LogP contribution in [-0.2, 0) is 4.74 Å². The number of piperidine rings is 1. The average molecular weight is 465 g/mol. The summed E-state index contributed by atoms with van der Waals surface area (Å²) in [5.74, 6) is 1.73. The first-order chi connectivity index (χ1) is 16.2. The standard InChI is InChI=1S/C30H60N2O/c1-5-9-11-13-16-26(17-14-12-10-6-2)24-32-20-18-27(19-21-32)25-33-30-22-29(23-30)31-28(8-4)15-7-3/h26-31H,5-25H2,1-4H3/t28?,29-,30-. The zero-order valence-electron chi connectivity index (χ0n) is 23.1. The van der Waals surface area contributed by atoms with Gasteiger partial charge in [0.2, 0.25) is 0 Å².